The summed E-state index contributed by atoms with van der Waals surface area (Å²) in [5, 5.41) is 0.279. The lowest BCUT2D eigenvalue weighted by Gasteiger charge is -2.15. The molecular weight excluding hydrogens is 294 g/mol. The summed E-state index contributed by atoms with van der Waals surface area (Å²) in [6.07, 6.45) is 3.96. The molecule has 2 aromatic rings. The highest BCUT2D eigenvalue weighted by molar-refractivity contribution is 7.93. The van der Waals surface area contributed by atoms with Crippen LogP contribution in [0.15, 0.2) is 47.4 Å². The molecule has 0 spiro atoms. The number of benzene rings is 2. The van der Waals surface area contributed by atoms with Gasteiger partial charge in [-0.25, -0.2) is 8.42 Å². The maximum Gasteiger partial charge on any atom is 0.263 e. The van der Waals surface area contributed by atoms with Gasteiger partial charge in [-0.15, -0.1) is 0 Å². The summed E-state index contributed by atoms with van der Waals surface area (Å²) in [5.41, 5.74) is 3.65. The van der Waals surface area contributed by atoms with Crippen molar-refractivity contribution in [1.82, 2.24) is 0 Å². The molecule has 2 aromatic carbocycles. The summed E-state index contributed by atoms with van der Waals surface area (Å²) in [4.78, 5) is 0.147. The first kappa shape index (κ1) is 13.5. The van der Waals surface area contributed by atoms with Gasteiger partial charge >= 0.3 is 0 Å². The number of halogens is 1. The Morgan fingerprint density at radius 1 is 1.00 bits per heavy atom. The van der Waals surface area contributed by atoms with Gasteiger partial charge in [-0.3, -0.25) is 4.72 Å². The molecule has 1 aliphatic carbocycles. The third kappa shape index (κ3) is 2.53. The van der Waals surface area contributed by atoms with E-state index in [1.165, 1.54) is 25.3 Å². The third-order valence-electron chi connectivity index (χ3n) is 3.48. The van der Waals surface area contributed by atoms with Crippen LogP contribution in [0.3, 0.4) is 0 Å². The van der Waals surface area contributed by atoms with Crippen LogP contribution in [-0.2, 0) is 22.9 Å². The van der Waals surface area contributed by atoms with Crippen molar-refractivity contribution in [1.29, 1.82) is 0 Å². The predicted octanol–water partition coefficient (Wildman–Crippen LogP) is 3.63. The second-order valence-corrected chi connectivity index (χ2v) is 6.93. The normalized spacial score (nSPS) is 16.9. The first-order valence-corrected chi connectivity index (χ1v) is 8.31. The van der Waals surface area contributed by atoms with Gasteiger partial charge in [0.05, 0.1) is 10.7 Å². The van der Waals surface area contributed by atoms with Gasteiger partial charge < -0.3 is 0 Å². The van der Waals surface area contributed by atoms with Crippen LogP contribution >= 0.6 is 11.6 Å². The van der Waals surface area contributed by atoms with E-state index in [9.17, 15) is 8.42 Å². The first-order chi connectivity index (χ1) is 9.56. The Morgan fingerprint density at radius 2 is 1.65 bits per heavy atom. The molecule has 0 fully saturated rings. The molecule has 0 unspecified atom stereocenters. The number of hydrogen-bond donors (Lipinski definition) is 1. The van der Waals surface area contributed by atoms with Crippen molar-refractivity contribution < 1.29 is 8.42 Å². The van der Waals surface area contributed by atoms with E-state index in [2.05, 4.69) is 29.0 Å². The number of aryl methyl sites for hydroxylation is 2. The molecule has 3 aliphatic rings. The number of anilines is 1. The van der Waals surface area contributed by atoms with E-state index in [1.807, 2.05) is 0 Å². The molecule has 104 valence electrons. The molecule has 0 saturated heterocycles. The fraction of sp³-hybridized carbons (Fsp3) is 0.200. The van der Waals surface area contributed by atoms with Crippen LogP contribution in [0.25, 0.3) is 0 Å². The number of rotatable bonds is 0. The van der Waals surface area contributed by atoms with Crippen molar-refractivity contribution in [3.05, 3.63) is 58.6 Å². The largest absolute Gasteiger partial charge is 0.280 e. The highest BCUT2D eigenvalue weighted by Gasteiger charge is 2.23. The zero-order chi connectivity index (χ0) is 14.2. The Balaban J connectivity index is 0.000000123. The number of hydrogen-bond acceptors (Lipinski definition) is 2. The molecule has 2 heterocycles. The molecule has 0 radical (unpaired) electrons. The van der Waals surface area contributed by atoms with Crippen molar-refractivity contribution >= 4 is 27.3 Å². The van der Waals surface area contributed by atoms with Crippen LogP contribution in [0.5, 0.6) is 0 Å². The zero-order valence-corrected chi connectivity index (χ0v) is 12.3. The van der Waals surface area contributed by atoms with Crippen LogP contribution < -0.4 is 4.72 Å². The fourth-order valence-corrected chi connectivity index (χ4v) is 4.10. The topological polar surface area (TPSA) is 46.2 Å². The van der Waals surface area contributed by atoms with E-state index in [1.54, 1.807) is 23.3 Å². The number of fused-ring (bicyclic) bond motifs is 4. The monoisotopic (exact) mass is 307 g/mol. The summed E-state index contributed by atoms with van der Waals surface area (Å²) in [5.74, 6) is 0. The smallest absolute Gasteiger partial charge is 0.263 e. The predicted molar refractivity (Wildman–Crippen MR) is 80.7 cm³/mol. The SMILES string of the molecule is O=S1(=O)Nc2ccc1c(Cl)c2.c1ccc2c(c1)CCC2. The lowest BCUT2D eigenvalue weighted by molar-refractivity contribution is 0.600. The van der Waals surface area contributed by atoms with Gasteiger partial charge in [0.1, 0.15) is 4.90 Å². The maximum atomic E-state index is 11.1. The molecule has 5 heteroatoms. The lowest BCUT2D eigenvalue weighted by Crippen LogP contribution is -2.17. The summed E-state index contributed by atoms with van der Waals surface area (Å²) in [6.45, 7) is 0. The van der Waals surface area contributed by atoms with E-state index in [4.69, 9.17) is 11.6 Å². The zero-order valence-electron chi connectivity index (χ0n) is 10.8. The fourth-order valence-electron chi connectivity index (χ4n) is 2.51. The first-order valence-electron chi connectivity index (χ1n) is 6.45. The summed E-state index contributed by atoms with van der Waals surface area (Å²) in [7, 11) is -3.33. The summed E-state index contributed by atoms with van der Waals surface area (Å²) < 4.78 is 24.5. The number of sulfonamides is 1. The van der Waals surface area contributed by atoms with Crippen LogP contribution in [0.2, 0.25) is 5.02 Å². The Hall–Kier alpha value is -1.52. The Kier molecular flexibility index (Phi) is 3.44. The molecule has 20 heavy (non-hydrogen) atoms. The van der Waals surface area contributed by atoms with Gasteiger partial charge in [0, 0.05) is 0 Å². The van der Waals surface area contributed by atoms with E-state index in [0.717, 1.165) is 0 Å². The highest BCUT2D eigenvalue weighted by Crippen LogP contribution is 2.31. The minimum absolute atomic E-state index is 0.147. The minimum atomic E-state index is -3.33. The van der Waals surface area contributed by atoms with E-state index in [-0.39, 0.29) is 9.92 Å². The van der Waals surface area contributed by atoms with Gasteiger partial charge in [0.2, 0.25) is 0 Å². The molecular formula is C15H14ClNO2S. The van der Waals surface area contributed by atoms with Crippen LogP contribution in [0, 0.1) is 0 Å². The van der Waals surface area contributed by atoms with Crippen molar-refractivity contribution in [2.45, 2.75) is 24.2 Å². The lowest BCUT2D eigenvalue weighted by atomic mass is 10.1. The van der Waals surface area contributed by atoms with E-state index in [0.29, 0.717) is 5.69 Å². The van der Waals surface area contributed by atoms with E-state index < -0.39 is 10.0 Å². The van der Waals surface area contributed by atoms with Crippen molar-refractivity contribution in [2.24, 2.45) is 0 Å². The molecule has 5 rings (SSSR count). The van der Waals surface area contributed by atoms with Gasteiger partial charge in [0.25, 0.3) is 10.0 Å². The van der Waals surface area contributed by atoms with Crippen LogP contribution in [0.4, 0.5) is 5.69 Å². The van der Waals surface area contributed by atoms with E-state index >= 15 is 0 Å². The van der Waals surface area contributed by atoms with Crippen molar-refractivity contribution in [3.63, 3.8) is 0 Å². The molecule has 0 amide bonds. The van der Waals surface area contributed by atoms with Gasteiger partial charge in [-0.05, 0) is 48.6 Å². The molecule has 0 saturated carbocycles. The second-order valence-electron chi connectivity index (χ2n) is 4.87. The number of nitrogens with one attached hydrogen (secondary N) is 1. The van der Waals surface area contributed by atoms with Gasteiger partial charge in [-0.2, -0.15) is 0 Å². The molecule has 1 N–H and O–H groups in total. The summed E-state index contributed by atoms with van der Waals surface area (Å²) >= 11 is 5.63. The van der Waals surface area contributed by atoms with Crippen LogP contribution in [0.1, 0.15) is 17.5 Å². The molecule has 0 aromatic heterocycles. The van der Waals surface area contributed by atoms with Crippen molar-refractivity contribution in [2.75, 3.05) is 4.72 Å². The Bertz CT molecular complexity index is 733. The van der Waals surface area contributed by atoms with Gasteiger partial charge in [-0.1, -0.05) is 35.9 Å². The highest BCUT2D eigenvalue weighted by atomic mass is 35.5. The molecule has 3 nitrogen and oxygen atoms in total. The summed E-state index contributed by atoms with van der Waals surface area (Å²) in [6, 6.07) is 13.5. The minimum Gasteiger partial charge on any atom is -0.280 e. The maximum absolute atomic E-state index is 11.1. The second kappa shape index (κ2) is 5.11. The Morgan fingerprint density at radius 3 is 2.10 bits per heavy atom. The van der Waals surface area contributed by atoms with Gasteiger partial charge in [0.15, 0.2) is 0 Å². The van der Waals surface area contributed by atoms with Crippen molar-refractivity contribution in [3.8, 4) is 0 Å². The quantitative estimate of drug-likeness (QED) is 0.808. The Labute approximate surface area is 123 Å². The molecule has 2 bridgehead atoms. The third-order valence-corrected chi connectivity index (χ3v) is 5.35. The average Bonchev–Trinajstić information content (AvgIpc) is 2.86. The molecule has 2 aliphatic heterocycles. The average molecular weight is 308 g/mol. The van der Waals surface area contributed by atoms with Crippen LogP contribution in [-0.4, -0.2) is 8.42 Å². The molecule has 0 atom stereocenters. The standard InChI is InChI=1S/C9H10.C6H4ClNO2S/c1-2-5-9-7-3-6-8(9)4-1;7-5-3-4-1-2-6(5)11(9,10)8-4/h1-2,4-5H,3,6-7H2;1-3,8H.